The molecule has 1 aliphatic carbocycles. The standard InChI is InChI=1S/C19H19F6N7OS/c1-9-6-12(34-30-9)31-7-10-2-3-11(8-31)13(10)27-17-28-14-15(26-4-5-32(14)29-17)33-16(18(20,21)22)19(23,24)25/h4-6,10-11,13,16H,2-3,7-8H2,1H3,(H,27,29)/t10-,11+,13-. The molecule has 1 saturated heterocycles. The number of aromatic nitrogens is 5. The predicted molar refractivity (Wildman–Crippen MR) is 110 cm³/mol. The molecule has 5 rings (SSSR count). The number of aryl methyl sites for hydroxylation is 1. The van der Waals surface area contributed by atoms with Gasteiger partial charge in [0.05, 0.1) is 5.69 Å². The molecule has 15 heteroatoms. The van der Waals surface area contributed by atoms with Crippen LogP contribution in [-0.2, 0) is 0 Å². The minimum absolute atomic E-state index is 0.0260. The molecule has 1 saturated carbocycles. The lowest BCUT2D eigenvalue weighted by Gasteiger charge is -2.38. The highest BCUT2D eigenvalue weighted by Crippen LogP contribution is 2.41. The van der Waals surface area contributed by atoms with Gasteiger partial charge >= 0.3 is 12.4 Å². The number of hydrogen-bond donors (Lipinski definition) is 1. The maximum Gasteiger partial charge on any atom is 0.434 e. The zero-order valence-corrected chi connectivity index (χ0v) is 18.5. The molecule has 34 heavy (non-hydrogen) atoms. The summed E-state index contributed by atoms with van der Waals surface area (Å²) in [7, 11) is 0. The van der Waals surface area contributed by atoms with E-state index in [1.54, 1.807) is 0 Å². The van der Waals surface area contributed by atoms with Crippen LogP contribution in [0.2, 0.25) is 0 Å². The molecule has 1 aliphatic heterocycles. The summed E-state index contributed by atoms with van der Waals surface area (Å²) in [4.78, 5) is 9.93. The van der Waals surface area contributed by atoms with Gasteiger partial charge in [0.2, 0.25) is 11.6 Å². The summed E-state index contributed by atoms with van der Waals surface area (Å²) in [5, 5.41) is 8.51. The molecule has 184 valence electrons. The molecule has 0 unspecified atom stereocenters. The molecule has 3 atom stereocenters. The second-order valence-corrected chi connectivity index (χ2v) is 9.28. The van der Waals surface area contributed by atoms with Crippen LogP contribution in [-0.4, -0.2) is 61.5 Å². The van der Waals surface area contributed by atoms with Crippen LogP contribution in [0.5, 0.6) is 5.88 Å². The molecular formula is C19H19F6N7OS. The lowest BCUT2D eigenvalue weighted by molar-refractivity contribution is -0.300. The predicted octanol–water partition coefficient (Wildman–Crippen LogP) is 4.09. The maximum atomic E-state index is 12.9. The average Bonchev–Trinajstić information content (AvgIpc) is 3.40. The number of piperidine rings is 1. The average molecular weight is 507 g/mol. The Morgan fingerprint density at radius 2 is 1.79 bits per heavy atom. The van der Waals surface area contributed by atoms with Gasteiger partial charge in [0, 0.05) is 31.5 Å². The van der Waals surface area contributed by atoms with Crippen molar-refractivity contribution in [2.45, 2.75) is 44.3 Å². The fourth-order valence-electron chi connectivity index (χ4n) is 4.66. The topological polar surface area (TPSA) is 80.5 Å². The van der Waals surface area contributed by atoms with Crippen LogP contribution in [0.15, 0.2) is 18.5 Å². The molecule has 2 fully saturated rings. The van der Waals surface area contributed by atoms with Crippen LogP contribution < -0.4 is 15.0 Å². The molecular weight excluding hydrogens is 488 g/mol. The Morgan fingerprint density at radius 3 is 2.38 bits per heavy atom. The fourth-order valence-corrected chi connectivity index (χ4v) is 5.43. The van der Waals surface area contributed by atoms with E-state index in [0.29, 0.717) is 0 Å². The van der Waals surface area contributed by atoms with Crippen LogP contribution in [0.4, 0.5) is 37.3 Å². The molecule has 8 nitrogen and oxygen atoms in total. The SMILES string of the molecule is Cc1cc(N2C[C@H]3CC[C@@H](C2)[C@@H]3Nc2nc3c(OC(C(F)(F)F)C(F)(F)F)nccn3n2)sn1. The highest BCUT2D eigenvalue weighted by Gasteiger charge is 2.59. The van der Waals surface area contributed by atoms with Crippen molar-refractivity contribution < 1.29 is 31.1 Å². The van der Waals surface area contributed by atoms with Crippen LogP contribution in [0.1, 0.15) is 18.5 Å². The van der Waals surface area contributed by atoms with E-state index in [4.69, 9.17) is 0 Å². The third-order valence-electron chi connectivity index (χ3n) is 6.10. The quantitative estimate of drug-likeness (QED) is 0.521. The number of alkyl halides is 6. The van der Waals surface area contributed by atoms with Gasteiger partial charge in [0.1, 0.15) is 5.00 Å². The highest BCUT2D eigenvalue weighted by molar-refractivity contribution is 7.10. The van der Waals surface area contributed by atoms with Gasteiger partial charge in [-0.25, -0.2) is 9.50 Å². The maximum absolute atomic E-state index is 12.9. The molecule has 0 spiro atoms. The van der Waals surface area contributed by atoms with Gasteiger partial charge in [-0.2, -0.15) is 35.7 Å². The van der Waals surface area contributed by atoms with E-state index >= 15 is 0 Å². The second kappa shape index (κ2) is 8.13. The highest BCUT2D eigenvalue weighted by atomic mass is 32.1. The summed E-state index contributed by atoms with van der Waals surface area (Å²) in [5.41, 5.74) is 0.625. The number of nitrogens with one attached hydrogen (secondary N) is 1. The van der Waals surface area contributed by atoms with Gasteiger partial charge < -0.3 is 15.0 Å². The number of nitrogens with zero attached hydrogens (tertiary/aromatic N) is 6. The molecule has 0 radical (unpaired) electrons. The third kappa shape index (κ3) is 4.32. The summed E-state index contributed by atoms with van der Waals surface area (Å²) in [6.07, 6.45) is -11.1. The first-order valence-corrected chi connectivity index (χ1v) is 11.2. The van der Waals surface area contributed by atoms with E-state index in [-0.39, 0.29) is 29.5 Å². The van der Waals surface area contributed by atoms with E-state index in [1.807, 2.05) is 13.0 Å². The normalized spacial score (nSPS) is 23.2. The van der Waals surface area contributed by atoms with E-state index in [0.717, 1.165) is 47.3 Å². The molecule has 4 heterocycles. The van der Waals surface area contributed by atoms with Gasteiger partial charge in [-0.05, 0) is 49.2 Å². The Balaban J connectivity index is 1.35. The van der Waals surface area contributed by atoms with Crippen molar-refractivity contribution in [3.05, 3.63) is 24.2 Å². The summed E-state index contributed by atoms with van der Waals surface area (Å²) in [6.45, 7) is 3.55. The van der Waals surface area contributed by atoms with Crippen molar-refractivity contribution in [1.82, 2.24) is 24.0 Å². The molecule has 2 bridgehead atoms. The first-order valence-electron chi connectivity index (χ1n) is 10.5. The van der Waals surface area contributed by atoms with Gasteiger partial charge in [0.25, 0.3) is 12.0 Å². The van der Waals surface area contributed by atoms with Crippen molar-refractivity contribution in [1.29, 1.82) is 0 Å². The number of rotatable bonds is 5. The Bertz CT molecular complexity index is 1150. The van der Waals surface area contributed by atoms with Gasteiger partial charge in [-0.15, -0.1) is 5.10 Å². The molecule has 3 aromatic rings. The summed E-state index contributed by atoms with van der Waals surface area (Å²) < 4.78 is 87.2. The zero-order valence-electron chi connectivity index (χ0n) is 17.6. The summed E-state index contributed by atoms with van der Waals surface area (Å²) in [5.74, 6) is -0.249. The monoisotopic (exact) mass is 507 g/mol. The van der Waals surface area contributed by atoms with Gasteiger partial charge in [-0.1, -0.05) is 0 Å². The number of hydrogen-bond acceptors (Lipinski definition) is 8. The summed E-state index contributed by atoms with van der Waals surface area (Å²) >= 11 is 1.45. The number of ether oxygens (including phenoxy) is 1. The van der Waals surface area contributed by atoms with Crippen molar-refractivity contribution in [3.8, 4) is 5.88 Å². The van der Waals surface area contributed by atoms with Crippen LogP contribution in [0.25, 0.3) is 5.65 Å². The molecule has 2 aliphatic rings. The van der Waals surface area contributed by atoms with E-state index < -0.39 is 24.3 Å². The first-order chi connectivity index (χ1) is 16.0. The minimum atomic E-state index is -5.67. The van der Waals surface area contributed by atoms with Crippen LogP contribution >= 0.6 is 11.5 Å². The number of anilines is 2. The molecule has 0 amide bonds. The summed E-state index contributed by atoms with van der Waals surface area (Å²) in [6, 6.07) is 2.07. The molecule has 0 aromatic carbocycles. The van der Waals surface area contributed by atoms with E-state index in [9.17, 15) is 26.3 Å². The minimum Gasteiger partial charge on any atom is -0.452 e. The van der Waals surface area contributed by atoms with Crippen LogP contribution in [0, 0.1) is 18.8 Å². The van der Waals surface area contributed by atoms with Crippen molar-refractivity contribution >= 4 is 28.1 Å². The van der Waals surface area contributed by atoms with Crippen LogP contribution in [0.3, 0.4) is 0 Å². The van der Waals surface area contributed by atoms with E-state index in [1.165, 1.54) is 17.7 Å². The van der Waals surface area contributed by atoms with Gasteiger partial charge in [0.15, 0.2) is 0 Å². The molecule has 3 aromatic heterocycles. The largest absolute Gasteiger partial charge is 0.452 e. The van der Waals surface area contributed by atoms with E-state index in [2.05, 4.69) is 34.4 Å². The van der Waals surface area contributed by atoms with Crippen molar-refractivity contribution in [2.24, 2.45) is 11.8 Å². The third-order valence-corrected chi connectivity index (χ3v) is 7.05. The lowest BCUT2D eigenvalue weighted by atomic mass is 9.92. The Labute approximate surface area is 193 Å². The van der Waals surface area contributed by atoms with Gasteiger partial charge in [-0.3, -0.25) is 0 Å². The smallest absolute Gasteiger partial charge is 0.434 e. The second-order valence-electron chi connectivity index (χ2n) is 8.50. The Hall–Kier alpha value is -2.84. The lowest BCUT2D eigenvalue weighted by Crippen LogP contribution is -2.48. The van der Waals surface area contributed by atoms with Crippen molar-refractivity contribution in [3.63, 3.8) is 0 Å². The first kappa shape index (κ1) is 22.9. The fraction of sp³-hybridized carbons (Fsp3) is 0.579. The zero-order chi connectivity index (χ0) is 24.3. The number of fused-ring (bicyclic) bond motifs is 3. The molecule has 1 N–H and O–H groups in total. The Kier molecular flexibility index (Phi) is 5.48. The number of halogens is 6. The van der Waals surface area contributed by atoms with Crippen molar-refractivity contribution in [2.75, 3.05) is 23.3 Å². The Morgan fingerprint density at radius 1 is 1.12 bits per heavy atom.